The van der Waals surface area contributed by atoms with Crippen molar-refractivity contribution in [3.8, 4) is 0 Å². The maximum Gasteiger partial charge on any atom is 0.0693 e. The average Bonchev–Trinajstić information content (AvgIpc) is 2.70. The van der Waals surface area contributed by atoms with Gasteiger partial charge in [-0.15, -0.1) is 0 Å². The first-order valence-electron chi connectivity index (χ1n) is 5.12. The summed E-state index contributed by atoms with van der Waals surface area (Å²) in [6.07, 6.45) is 6.64. The second-order valence-corrected chi connectivity index (χ2v) is 4.19. The van der Waals surface area contributed by atoms with Crippen LogP contribution in [0.2, 0.25) is 0 Å². The first kappa shape index (κ1) is 8.52. The highest BCUT2D eigenvalue weighted by Gasteiger charge is 2.42. The van der Waals surface area contributed by atoms with E-state index in [9.17, 15) is 0 Å². The number of rotatable bonds is 4. The number of hydrogen-bond donors (Lipinski definition) is 0. The quantitative estimate of drug-likeness (QED) is 0.634. The Morgan fingerprint density at radius 1 is 1.25 bits per heavy atom. The molecule has 0 spiro atoms. The van der Waals surface area contributed by atoms with Crippen LogP contribution in [0.25, 0.3) is 0 Å². The van der Waals surface area contributed by atoms with Crippen molar-refractivity contribution >= 4 is 0 Å². The molecule has 0 amide bonds. The standard InChI is InChI=1S/C10H19NO/c1-12-10(4-5-10)6-9-11-7-2-3-8-11/h2-9H2,1H3. The molecule has 70 valence electrons. The van der Waals surface area contributed by atoms with Gasteiger partial charge in [-0.3, -0.25) is 0 Å². The SMILES string of the molecule is COC1(CCN2CCCC2)CC1. The molecule has 0 N–H and O–H groups in total. The van der Waals surface area contributed by atoms with Crippen LogP contribution in [0.15, 0.2) is 0 Å². The highest BCUT2D eigenvalue weighted by atomic mass is 16.5. The highest BCUT2D eigenvalue weighted by Crippen LogP contribution is 2.42. The van der Waals surface area contributed by atoms with Crippen LogP contribution in [0.4, 0.5) is 0 Å². The summed E-state index contributed by atoms with van der Waals surface area (Å²) < 4.78 is 5.48. The number of hydrogen-bond acceptors (Lipinski definition) is 2. The third kappa shape index (κ3) is 1.80. The van der Waals surface area contributed by atoms with Gasteiger partial charge < -0.3 is 9.64 Å². The molecule has 1 aliphatic carbocycles. The van der Waals surface area contributed by atoms with Crippen molar-refractivity contribution in [2.75, 3.05) is 26.7 Å². The van der Waals surface area contributed by atoms with Gasteiger partial charge in [-0.25, -0.2) is 0 Å². The molecule has 0 aromatic rings. The van der Waals surface area contributed by atoms with Crippen LogP contribution in [-0.2, 0) is 4.74 Å². The highest BCUT2D eigenvalue weighted by molar-refractivity contribution is 4.95. The summed E-state index contributed by atoms with van der Waals surface area (Å²) in [4.78, 5) is 2.57. The Hall–Kier alpha value is -0.0800. The van der Waals surface area contributed by atoms with Crippen LogP contribution in [0.5, 0.6) is 0 Å². The first-order valence-corrected chi connectivity index (χ1v) is 5.12. The van der Waals surface area contributed by atoms with Gasteiger partial charge in [-0.05, 0) is 45.2 Å². The Labute approximate surface area is 74.9 Å². The zero-order chi connectivity index (χ0) is 8.44. The van der Waals surface area contributed by atoms with E-state index in [1.807, 2.05) is 7.11 Å². The van der Waals surface area contributed by atoms with Crippen LogP contribution in [0, 0.1) is 0 Å². The molecule has 2 heteroatoms. The van der Waals surface area contributed by atoms with Crippen molar-refractivity contribution in [2.45, 2.75) is 37.7 Å². The Bertz CT molecular complexity index is 148. The van der Waals surface area contributed by atoms with Crippen molar-refractivity contribution in [1.29, 1.82) is 0 Å². The van der Waals surface area contributed by atoms with Gasteiger partial charge in [0.25, 0.3) is 0 Å². The van der Waals surface area contributed by atoms with E-state index >= 15 is 0 Å². The second-order valence-electron chi connectivity index (χ2n) is 4.19. The van der Waals surface area contributed by atoms with E-state index in [0.717, 1.165) is 0 Å². The van der Waals surface area contributed by atoms with Gasteiger partial charge in [0, 0.05) is 13.7 Å². The molecule has 0 unspecified atom stereocenters. The fourth-order valence-electron chi connectivity index (χ4n) is 2.06. The minimum atomic E-state index is 0.308. The summed E-state index contributed by atoms with van der Waals surface area (Å²) in [6.45, 7) is 3.90. The van der Waals surface area contributed by atoms with Gasteiger partial charge in [0.15, 0.2) is 0 Å². The zero-order valence-corrected chi connectivity index (χ0v) is 8.01. The van der Waals surface area contributed by atoms with Crippen molar-refractivity contribution in [1.82, 2.24) is 4.90 Å². The predicted octanol–water partition coefficient (Wildman–Crippen LogP) is 1.65. The van der Waals surface area contributed by atoms with Crippen LogP contribution in [-0.4, -0.2) is 37.2 Å². The number of methoxy groups -OCH3 is 1. The largest absolute Gasteiger partial charge is 0.378 e. The summed E-state index contributed by atoms with van der Waals surface area (Å²) in [5, 5.41) is 0. The maximum absolute atomic E-state index is 5.48. The van der Waals surface area contributed by atoms with Crippen molar-refractivity contribution in [3.63, 3.8) is 0 Å². The van der Waals surface area contributed by atoms with Gasteiger partial charge in [-0.2, -0.15) is 0 Å². The summed E-state index contributed by atoms with van der Waals surface area (Å²) in [5.41, 5.74) is 0.308. The molecule has 2 fully saturated rings. The molecular formula is C10H19NO. The number of likely N-dealkylation sites (tertiary alicyclic amines) is 1. The van der Waals surface area contributed by atoms with E-state index in [0.29, 0.717) is 5.60 Å². The third-order valence-corrected chi connectivity index (χ3v) is 3.32. The normalized spacial score (nSPS) is 27.8. The molecular weight excluding hydrogens is 150 g/mol. The molecule has 2 nitrogen and oxygen atoms in total. The molecule has 1 aliphatic heterocycles. The first-order chi connectivity index (χ1) is 5.85. The minimum Gasteiger partial charge on any atom is -0.378 e. The van der Waals surface area contributed by atoms with Crippen LogP contribution in [0.3, 0.4) is 0 Å². The summed E-state index contributed by atoms with van der Waals surface area (Å²) >= 11 is 0. The third-order valence-electron chi connectivity index (χ3n) is 3.32. The van der Waals surface area contributed by atoms with E-state index in [2.05, 4.69) is 4.90 Å². The molecule has 1 saturated carbocycles. The van der Waals surface area contributed by atoms with Gasteiger partial charge in [0.2, 0.25) is 0 Å². The van der Waals surface area contributed by atoms with Crippen molar-refractivity contribution in [2.24, 2.45) is 0 Å². The van der Waals surface area contributed by atoms with Crippen molar-refractivity contribution in [3.05, 3.63) is 0 Å². The van der Waals surface area contributed by atoms with E-state index in [1.165, 1.54) is 51.7 Å². The molecule has 0 bridgehead atoms. The molecule has 0 aromatic heterocycles. The van der Waals surface area contributed by atoms with E-state index in [-0.39, 0.29) is 0 Å². The Kier molecular flexibility index (Phi) is 2.37. The van der Waals surface area contributed by atoms with Gasteiger partial charge in [-0.1, -0.05) is 0 Å². The summed E-state index contributed by atoms with van der Waals surface area (Å²) in [6, 6.07) is 0. The van der Waals surface area contributed by atoms with Gasteiger partial charge >= 0.3 is 0 Å². The van der Waals surface area contributed by atoms with Crippen LogP contribution >= 0.6 is 0 Å². The van der Waals surface area contributed by atoms with Crippen molar-refractivity contribution < 1.29 is 4.74 Å². The Balaban J connectivity index is 1.67. The van der Waals surface area contributed by atoms with Crippen LogP contribution < -0.4 is 0 Å². The molecule has 0 atom stereocenters. The maximum atomic E-state index is 5.48. The fraction of sp³-hybridized carbons (Fsp3) is 1.00. The second kappa shape index (κ2) is 3.35. The molecule has 0 aromatic carbocycles. The molecule has 2 aliphatic rings. The molecule has 2 rings (SSSR count). The predicted molar refractivity (Wildman–Crippen MR) is 49.3 cm³/mol. The number of nitrogens with zero attached hydrogens (tertiary/aromatic N) is 1. The van der Waals surface area contributed by atoms with Gasteiger partial charge in [0.1, 0.15) is 0 Å². The Morgan fingerprint density at radius 2 is 1.92 bits per heavy atom. The fourth-order valence-corrected chi connectivity index (χ4v) is 2.06. The van der Waals surface area contributed by atoms with Gasteiger partial charge in [0.05, 0.1) is 5.60 Å². The lowest BCUT2D eigenvalue weighted by molar-refractivity contribution is 0.0642. The van der Waals surface area contributed by atoms with E-state index in [4.69, 9.17) is 4.74 Å². The molecule has 0 radical (unpaired) electrons. The lowest BCUT2D eigenvalue weighted by Crippen LogP contribution is -2.25. The average molecular weight is 169 g/mol. The molecule has 1 heterocycles. The number of ether oxygens (including phenoxy) is 1. The zero-order valence-electron chi connectivity index (χ0n) is 8.01. The minimum absolute atomic E-state index is 0.308. The van der Waals surface area contributed by atoms with Crippen LogP contribution in [0.1, 0.15) is 32.1 Å². The Morgan fingerprint density at radius 3 is 2.42 bits per heavy atom. The van der Waals surface area contributed by atoms with E-state index in [1.54, 1.807) is 0 Å². The summed E-state index contributed by atoms with van der Waals surface area (Å²) in [7, 11) is 1.86. The monoisotopic (exact) mass is 169 g/mol. The molecule has 12 heavy (non-hydrogen) atoms. The lowest BCUT2D eigenvalue weighted by atomic mass is 10.2. The smallest absolute Gasteiger partial charge is 0.0693 e. The topological polar surface area (TPSA) is 12.5 Å². The molecule has 1 saturated heterocycles. The lowest BCUT2D eigenvalue weighted by Gasteiger charge is -2.18. The van der Waals surface area contributed by atoms with E-state index < -0.39 is 0 Å². The summed E-state index contributed by atoms with van der Waals surface area (Å²) in [5.74, 6) is 0.